The second-order valence-corrected chi connectivity index (χ2v) is 11.8. The lowest BCUT2D eigenvalue weighted by Crippen LogP contribution is -2.26. The highest BCUT2D eigenvalue weighted by atomic mass is 16.5. The molecule has 2 aromatic heterocycles. The van der Waals surface area contributed by atoms with Gasteiger partial charge < -0.3 is 14.5 Å². The van der Waals surface area contributed by atoms with Gasteiger partial charge in [-0.2, -0.15) is 0 Å². The number of pyridine rings is 2. The van der Waals surface area contributed by atoms with Crippen LogP contribution in [-0.4, -0.2) is 23.1 Å². The van der Waals surface area contributed by atoms with Gasteiger partial charge in [0.1, 0.15) is 23.1 Å². The van der Waals surface area contributed by atoms with Gasteiger partial charge in [0.2, 0.25) is 0 Å². The van der Waals surface area contributed by atoms with E-state index in [-0.39, 0.29) is 5.41 Å². The minimum absolute atomic E-state index is 0.0518. The van der Waals surface area contributed by atoms with E-state index in [2.05, 4.69) is 83.7 Å². The van der Waals surface area contributed by atoms with Gasteiger partial charge in [0, 0.05) is 49.0 Å². The molecule has 4 heterocycles. The van der Waals surface area contributed by atoms with Crippen LogP contribution in [0.5, 0.6) is 11.5 Å². The van der Waals surface area contributed by atoms with Crippen LogP contribution < -0.4 is 14.5 Å². The van der Waals surface area contributed by atoms with Crippen LogP contribution in [0.3, 0.4) is 0 Å². The van der Waals surface area contributed by atoms with Crippen molar-refractivity contribution >= 4 is 28.7 Å². The number of hydrogen-bond acceptors (Lipinski definition) is 5. The monoisotopic (exact) mass is 529 g/mol. The van der Waals surface area contributed by atoms with E-state index in [4.69, 9.17) is 16.3 Å². The highest BCUT2D eigenvalue weighted by Gasteiger charge is 2.25. The SMILES string of the molecule is [C-]#[N+]c1cc(Oc2ccc3c(c2)N(c2cc(C(C)(C)C)ccn2)CCC3)cc2c1CCCN2c1cc(C)ccn1. The number of aromatic nitrogens is 2. The molecule has 40 heavy (non-hydrogen) atoms. The fourth-order valence-corrected chi connectivity index (χ4v) is 5.74. The maximum absolute atomic E-state index is 7.89. The summed E-state index contributed by atoms with van der Waals surface area (Å²) in [6.45, 7) is 18.4. The highest BCUT2D eigenvalue weighted by molar-refractivity contribution is 5.76. The largest absolute Gasteiger partial charge is 0.459 e. The molecular weight excluding hydrogens is 494 g/mol. The molecule has 0 atom stereocenters. The summed E-state index contributed by atoms with van der Waals surface area (Å²) < 4.78 is 6.49. The third-order valence-corrected chi connectivity index (χ3v) is 7.87. The minimum Gasteiger partial charge on any atom is -0.459 e. The Hall–Kier alpha value is -4.37. The van der Waals surface area contributed by atoms with Gasteiger partial charge in [-0.3, -0.25) is 0 Å². The third-order valence-electron chi connectivity index (χ3n) is 7.87. The van der Waals surface area contributed by atoms with Gasteiger partial charge in [0.25, 0.3) is 0 Å². The van der Waals surface area contributed by atoms with Crippen LogP contribution in [0.4, 0.5) is 28.7 Å². The number of fused-ring (bicyclic) bond motifs is 2. The van der Waals surface area contributed by atoms with Crippen LogP contribution in [0, 0.1) is 13.5 Å². The first-order valence-electron chi connectivity index (χ1n) is 14.1. The summed E-state index contributed by atoms with van der Waals surface area (Å²) in [5, 5.41) is 0. The Morgan fingerprint density at radius 3 is 2.25 bits per heavy atom. The number of hydrogen-bond donors (Lipinski definition) is 0. The number of ether oxygens (including phenoxy) is 1. The molecule has 2 aliphatic heterocycles. The molecule has 0 spiro atoms. The Morgan fingerprint density at radius 2 is 1.50 bits per heavy atom. The topological polar surface area (TPSA) is 45.9 Å². The lowest BCUT2D eigenvalue weighted by molar-refractivity contribution is 0.482. The Balaban J connectivity index is 1.36. The van der Waals surface area contributed by atoms with E-state index in [1.54, 1.807) is 0 Å². The van der Waals surface area contributed by atoms with Gasteiger partial charge in [-0.05, 0) is 96.7 Å². The van der Waals surface area contributed by atoms with E-state index >= 15 is 0 Å². The number of rotatable bonds is 4. The molecule has 6 nitrogen and oxygen atoms in total. The molecule has 202 valence electrons. The average Bonchev–Trinajstić information content (AvgIpc) is 2.95. The second-order valence-electron chi connectivity index (χ2n) is 11.8. The van der Waals surface area contributed by atoms with Crippen molar-refractivity contribution in [2.24, 2.45) is 0 Å². The fourth-order valence-electron chi connectivity index (χ4n) is 5.74. The van der Waals surface area contributed by atoms with Crippen molar-refractivity contribution in [3.63, 3.8) is 0 Å². The molecule has 6 heteroatoms. The lowest BCUT2D eigenvalue weighted by Gasteiger charge is -2.32. The molecular formula is C34H35N5O. The molecule has 0 N–H and O–H groups in total. The zero-order valence-corrected chi connectivity index (χ0v) is 23.7. The summed E-state index contributed by atoms with van der Waals surface area (Å²) in [7, 11) is 0. The van der Waals surface area contributed by atoms with Crippen molar-refractivity contribution in [2.45, 2.75) is 58.8 Å². The zero-order chi connectivity index (χ0) is 27.9. The van der Waals surface area contributed by atoms with E-state index in [0.717, 1.165) is 78.7 Å². The molecule has 0 fully saturated rings. The van der Waals surface area contributed by atoms with Crippen molar-refractivity contribution in [1.82, 2.24) is 9.97 Å². The van der Waals surface area contributed by atoms with Gasteiger partial charge >= 0.3 is 0 Å². The molecule has 0 radical (unpaired) electrons. The Bertz CT molecular complexity index is 1610. The van der Waals surface area contributed by atoms with E-state index in [1.807, 2.05) is 30.6 Å². The first-order valence-corrected chi connectivity index (χ1v) is 14.1. The Labute approximate surface area is 237 Å². The molecule has 6 rings (SSSR count). The van der Waals surface area contributed by atoms with E-state index in [9.17, 15) is 0 Å². The fraction of sp³-hybridized carbons (Fsp3) is 0.324. The van der Waals surface area contributed by atoms with E-state index in [0.29, 0.717) is 11.4 Å². The summed E-state index contributed by atoms with van der Waals surface area (Å²) >= 11 is 0. The van der Waals surface area contributed by atoms with Gasteiger partial charge in [-0.15, -0.1) is 0 Å². The van der Waals surface area contributed by atoms with Crippen LogP contribution in [0.1, 0.15) is 55.9 Å². The van der Waals surface area contributed by atoms with Gasteiger partial charge in [0.15, 0.2) is 5.69 Å². The second kappa shape index (κ2) is 10.3. The predicted molar refractivity (Wildman–Crippen MR) is 162 cm³/mol. The quantitative estimate of drug-likeness (QED) is 0.248. The molecule has 0 bridgehead atoms. The summed E-state index contributed by atoms with van der Waals surface area (Å²) in [5.41, 5.74) is 7.64. The van der Waals surface area contributed by atoms with Crippen molar-refractivity contribution in [2.75, 3.05) is 22.9 Å². The van der Waals surface area contributed by atoms with E-state index in [1.165, 1.54) is 11.1 Å². The van der Waals surface area contributed by atoms with Crippen LogP contribution in [0.25, 0.3) is 4.85 Å². The van der Waals surface area contributed by atoms with Gasteiger partial charge in [0.05, 0.1) is 6.57 Å². The molecule has 0 saturated carbocycles. The molecule has 0 saturated heterocycles. The number of benzene rings is 2. The standard InChI is InChI=1S/C34H35N5O/c1-23-12-14-36-32(18-23)39-17-7-9-28-29(35-5)20-27(22-31(28)39)40-26-11-10-24-8-6-16-38(30(24)21-26)33-19-25(13-15-37-33)34(2,3)4/h10-15,18-22H,6-9,16-17H2,1-4H3. The van der Waals surface area contributed by atoms with E-state index < -0.39 is 0 Å². The number of anilines is 4. The van der Waals surface area contributed by atoms with Crippen LogP contribution in [0.2, 0.25) is 0 Å². The molecule has 0 aliphatic carbocycles. The maximum Gasteiger partial charge on any atom is 0.196 e. The molecule has 2 aliphatic rings. The third kappa shape index (κ3) is 5.00. The van der Waals surface area contributed by atoms with Gasteiger partial charge in [-0.1, -0.05) is 26.8 Å². The first kappa shape index (κ1) is 25.9. The summed E-state index contributed by atoms with van der Waals surface area (Å²) in [4.78, 5) is 17.8. The predicted octanol–water partition coefficient (Wildman–Crippen LogP) is 8.59. The summed E-state index contributed by atoms with van der Waals surface area (Å²) in [6.07, 6.45) is 7.74. The summed E-state index contributed by atoms with van der Waals surface area (Å²) in [6, 6.07) is 18.7. The first-order chi connectivity index (χ1) is 19.3. The molecule has 2 aromatic carbocycles. The van der Waals surface area contributed by atoms with Gasteiger partial charge in [-0.25, -0.2) is 14.8 Å². The van der Waals surface area contributed by atoms with Crippen molar-refractivity contribution in [1.29, 1.82) is 0 Å². The summed E-state index contributed by atoms with van der Waals surface area (Å²) in [5.74, 6) is 3.29. The lowest BCUT2D eigenvalue weighted by atomic mass is 9.87. The Morgan fingerprint density at radius 1 is 0.800 bits per heavy atom. The van der Waals surface area contributed by atoms with Crippen molar-refractivity contribution in [3.8, 4) is 11.5 Å². The van der Waals surface area contributed by atoms with Crippen LogP contribution >= 0.6 is 0 Å². The van der Waals surface area contributed by atoms with Crippen molar-refractivity contribution < 1.29 is 4.74 Å². The molecule has 0 unspecified atom stereocenters. The minimum atomic E-state index is 0.0518. The number of nitrogens with zero attached hydrogens (tertiary/aromatic N) is 5. The zero-order valence-electron chi connectivity index (χ0n) is 23.7. The molecule has 0 amide bonds. The van der Waals surface area contributed by atoms with Crippen molar-refractivity contribution in [3.05, 3.63) is 101 Å². The normalized spacial score (nSPS) is 14.8. The van der Waals surface area contributed by atoms with Crippen LogP contribution in [-0.2, 0) is 18.3 Å². The number of aryl methyl sites for hydroxylation is 2. The van der Waals surface area contributed by atoms with Crippen LogP contribution in [0.15, 0.2) is 67.0 Å². The smallest absolute Gasteiger partial charge is 0.196 e. The Kier molecular flexibility index (Phi) is 6.67. The average molecular weight is 530 g/mol. The highest BCUT2D eigenvalue weighted by Crippen LogP contribution is 2.43. The molecule has 4 aromatic rings. The maximum atomic E-state index is 7.89.